The van der Waals surface area contributed by atoms with Crippen LogP contribution in [0.5, 0.6) is 0 Å². The van der Waals surface area contributed by atoms with Crippen LogP contribution in [-0.4, -0.2) is 29.7 Å². The second-order valence-corrected chi connectivity index (χ2v) is 6.93. The minimum Gasteiger partial charge on any atom is -0.490 e. The summed E-state index contributed by atoms with van der Waals surface area (Å²) in [4.78, 5) is 13.1. The first-order chi connectivity index (χ1) is 12.5. The molecule has 2 atom stereocenters. The lowest BCUT2D eigenvalue weighted by Crippen LogP contribution is -2.32. The standard InChI is InChI=1S/C20H14Cl2O4/c21-13-5-1-3-11(7-13)8-16-18(24)17(12-4-2-6-14(22)9-12)20-19(26-16)15(23)10-25-20/h1-9,15,19,23H,10H2/b16-8-/t15-,19-/m1/s1. The molecule has 0 spiro atoms. The highest BCUT2D eigenvalue weighted by atomic mass is 35.5. The quantitative estimate of drug-likeness (QED) is 0.786. The van der Waals surface area contributed by atoms with Crippen molar-refractivity contribution in [2.24, 2.45) is 0 Å². The largest absolute Gasteiger partial charge is 0.490 e. The van der Waals surface area contributed by atoms with Crippen LogP contribution in [0.25, 0.3) is 11.6 Å². The summed E-state index contributed by atoms with van der Waals surface area (Å²) in [6, 6.07) is 14.0. The minimum atomic E-state index is -0.852. The van der Waals surface area contributed by atoms with Gasteiger partial charge in [-0.25, -0.2) is 0 Å². The highest BCUT2D eigenvalue weighted by Gasteiger charge is 2.44. The molecule has 6 heteroatoms. The van der Waals surface area contributed by atoms with Crippen LogP contribution in [0.4, 0.5) is 0 Å². The summed E-state index contributed by atoms with van der Waals surface area (Å²) in [7, 11) is 0. The molecule has 4 nitrogen and oxygen atoms in total. The van der Waals surface area contributed by atoms with Crippen LogP contribution in [0.15, 0.2) is 60.0 Å². The van der Waals surface area contributed by atoms with Gasteiger partial charge in [0.25, 0.3) is 0 Å². The molecule has 0 bridgehead atoms. The van der Waals surface area contributed by atoms with Crippen molar-refractivity contribution in [3.63, 3.8) is 0 Å². The van der Waals surface area contributed by atoms with Crippen molar-refractivity contribution in [1.82, 2.24) is 0 Å². The molecule has 0 amide bonds. The molecule has 4 rings (SSSR count). The highest BCUT2D eigenvalue weighted by Crippen LogP contribution is 2.38. The van der Waals surface area contributed by atoms with Gasteiger partial charge >= 0.3 is 0 Å². The summed E-state index contributed by atoms with van der Waals surface area (Å²) in [5.74, 6) is 0.140. The maximum Gasteiger partial charge on any atom is 0.231 e. The topological polar surface area (TPSA) is 55.8 Å². The van der Waals surface area contributed by atoms with Crippen LogP contribution in [0.1, 0.15) is 11.1 Å². The van der Waals surface area contributed by atoms with Gasteiger partial charge in [-0.2, -0.15) is 0 Å². The monoisotopic (exact) mass is 388 g/mol. The molecule has 2 aromatic carbocycles. The van der Waals surface area contributed by atoms with E-state index in [0.717, 1.165) is 5.56 Å². The van der Waals surface area contributed by atoms with E-state index in [4.69, 9.17) is 32.7 Å². The van der Waals surface area contributed by atoms with E-state index < -0.39 is 12.2 Å². The van der Waals surface area contributed by atoms with Crippen molar-refractivity contribution in [2.75, 3.05) is 6.61 Å². The third-order valence-corrected chi connectivity index (χ3v) is 4.70. The number of allylic oxidation sites excluding steroid dienone is 1. The van der Waals surface area contributed by atoms with E-state index >= 15 is 0 Å². The SMILES string of the molecule is O=C1C(c2cccc(Cl)c2)=C2OC[C@@H](O)[C@H]2O/C1=C\c1cccc(Cl)c1. The number of carbonyl (C=O) groups excluding carboxylic acids is 1. The van der Waals surface area contributed by atoms with E-state index in [0.29, 0.717) is 26.9 Å². The van der Waals surface area contributed by atoms with Crippen molar-refractivity contribution in [3.05, 3.63) is 81.2 Å². The van der Waals surface area contributed by atoms with E-state index in [1.165, 1.54) is 0 Å². The lowest BCUT2D eigenvalue weighted by Gasteiger charge is -2.25. The number of rotatable bonds is 2. The Balaban J connectivity index is 1.83. The molecule has 0 aromatic heterocycles. The fourth-order valence-corrected chi connectivity index (χ4v) is 3.44. The normalized spacial score (nSPS) is 23.7. The lowest BCUT2D eigenvalue weighted by molar-refractivity contribution is -0.116. The third kappa shape index (κ3) is 3.12. The van der Waals surface area contributed by atoms with Crippen molar-refractivity contribution in [3.8, 4) is 0 Å². The molecule has 1 N–H and O–H groups in total. The van der Waals surface area contributed by atoms with Crippen molar-refractivity contribution in [1.29, 1.82) is 0 Å². The van der Waals surface area contributed by atoms with Crippen molar-refractivity contribution < 1.29 is 19.4 Å². The molecule has 2 aliphatic heterocycles. The first-order valence-electron chi connectivity index (χ1n) is 8.02. The Morgan fingerprint density at radius 1 is 1.08 bits per heavy atom. The zero-order valence-corrected chi connectivity index (χ0v) is 15.0. The highest BCUT2D eigenvalue weighted by molar-refractivity contribution is 6.33. The van der Waals surface area contributed by atoms with Gasteiger partial charge in [0.05, 0.1) is 5.57 Å². The van der Waals surface area contributed by atoms with Gasteiger partial charge in [0.15, 0.2) is 17.6 Å². The average molecular weight is 389 g/mol. The molecule has 2 aromatic rings. The molecule has 0 saturated carbocycles. The molecule has 0 radical (unpaired) electrons. The molecule has 0 unspecified atom stereocenters. The van der Waals surface area contributed by atoms with Gasteiger partial charge in [-0.15, -0.1) is 0 Å². The summed E-state index contributed by atoms with van der Waals surface area (Å²) < 4.78 is 11.3. The molecule has 2 aliphatic rings. The molecule has 26 heavy (non-hydrogen) atoms. The van der Waals surface area contributed by atoms with E-state index in [1.54, 1.807) is 48.5 Å². The molecular formula is C20H14Cl2O4. The number of hydrogen-bond donors (Lipinski definition) is 1. The number of carbonyl (C=O) groups is 1. The van der Waals surface area contributed by atoms with Crippen LogP contribution < -0.4 is 0 Å². The minimum absolute atomic E-state index is 0.0712. The van der Waals surface area contributed by atoms with Gasteiger partial charge in [0.1, 0.15) is 12.7 Å². The Labute approximate surface area is 160 Å². The molecule has 1 fully saturated rings. The predicted octanol–water partition coefficient (Wildman–Crippen LogP) is 4.10. The number of aliphatic hydroxyl groups excluding tert-OH is 1. The number of aliphatic hydroxyl groups is 1. The predicted molar refractivity (Wildman–Crippen MR) is 99.6 cm³/mol. The van der Waals surface area contributed by atoms with Crippen molar-refractivity contribution >= 4 is 40.6 Å². The molecule has 2 heterocycles. The zero-order chi connectivity index (χ0) is 18.3. The Morgan fingerprint density at radius 3 is 2.54 bits per heavy atom. The zero-order valence-electron chi connectivity index (χ0n) is 13.5. The molecular weight excluding hydrogens is 375 g/mol. The van der Waals surface area contributed by atoms with Crippen LogP contribution in [0.3, 0.4) is 0 Å². The van der Waals surface area contributed by atoms with Gasteiger partial charge in [-0.3, -0.25) is 4.79 Å². The smallest absolute Gasteiger partial charge is 0.231 e. The Kier molecular flexibility index (Phi) is 4.49. The van der Waals surface area contributed by atoms with Crippen molar-refractivity contribution in [2.45, 2.75) is 12.2 Å². The molecule has 1 saturated heterocycles. The Hall–Kier alpha value is -2.27. The summed E-state index contributed by atoms with van der Waals surface area (Å²) >= 11 is 12.1. The average Bonchev–Trinajstić information content (AvgIpc) is 2.96. The third-order valence-electron chi connectivity index (χ3n) is 4.23. The number of halogens is 2. The number of Topliss-reactive ketones (excluding diaryl/α,β-unsaturated/α-hetero) is 1. The first-order valence-corrected chi connectivity index (χ1v) is 8.78. The maximum atomic E-state index is 13.1. The number of hydrogen-bond acceptors (Lipinski definition) is 4. The van der Waals surface area contributed by atoms with Gasteiger partial charge in [-0.05, 0) is 41.5 Å². The second-order valence-electron chi connectivity index (χ2n) is 6.06. The van der Waals surface area contributed by atoms with Crippen LogP contribution >= 0.6 is 23.2 Å². The number of ketones is 1. The van der Waals surface area contributed by atoms with Gasteiger partial charge in [0, 0.05) is 10.0 Å². The van der Waals surface area contributed by atoms with Gasteiger partial charge < -0.3 is 14.6 Å². The van der Waals surface area contributed by atoms with E-state index in [1.807, 2.05) is 6.07 Å². The van der Waals surface area contributed by atoms with Crippen LogP contribution in [-0.2, 0) is 14.3 Å². The van der Waals surface area contributed by atoms with Gasteiger partial charge in [-0.1, -0.05) is 47.5 Å². The molecule has 132 valence electrons. The number of fused-ring (bicyclic) bond motifs is 1. The van der Waals surface area contributed by atoms with E-state index in [-0.39, 0.29) is 18.1 Å². The van der Waals surface area contributed by atoms with E-state index in [2.05, 4.69) is 0 Å². The second kappa shape index (κ2) is 6.80. The summed E-state index contributed by atoms with van der Waals surface area (Å²) in [5, 5.41) is 11.2. The molecule has 0 aliphatic carbocycles. The summed E-state index contributed by atoms with van der Waals surface area (Å²) in [5.41, 5.74) is 1.70. The maximum absolute atomic E-state index is 13.1. The Morgan fingerprint density at radius 2 is 1.81 bits per heavy atom. The lowest BCUT2D eigenvalue weighted by atomic mass is 9.93. The Bertz CT molecular complexity index is 948. The summed E-state index contributed by atoms with van der Waals surface area (Å²) in [6.45, 7) is 0.0712. The fraction of sp³-hybridized carbons (Fsp3) is 0.150. The van der Waals surface area contributed by atoms with E-state index in [9.17, 15) is 9.90 Å². The first kappa shape index (κ1) is 17.2. The van der Waals surface area contributed by atoms with Gasteiger partial charge in [0.2, 0.25) is 5.78 Å². The summed E-state index contributed by atoms with van der Waals surface area (Å²) in [6.07, 6.45) is 0.0304. The van der Waals surface area contributed by atoms with Crippen LogP contribution in [0, 0.1) is 0 Å². The van der Waals surface area contributed by atoms with Crippen LogP contribution in [0.2, 0.25) is 10.0 Å². The number of benzene rings is 2. The number of ether oxygens (including phenoxy) is 2. The fourth-order valence-electron chi connectivity index (χ4n) is 3.06.